The van der Waals surface area contributed by atoms with Crippen LogP contribution in [0.25, 0.3) is 0 Å². The summed E-state index contributed by atoms with van der Waals surface area (Å²) in [5.41, 5.74) is 1.61. The number of rotatable bonds is 6. The van der Waals surface area contributed by atoms with E-state index in [0.29, 0.717) is 10.7 Å². The maximum atomic E-state index is 12.0. The van der Waals surface area contributed by atoms with E-state index in [2.05, 4.69) is 20.8 Å². The fourth-order valence-electron chi connectivity index (χ4n) is 1.88. The molecular weight excluding hydrogens is 312 g/mol. The number of hydrogen-bond acceptors (Lipinski definition) is 5. The van der Waals surface area contributed by atoms with Crippen molar-refractivity contribution in [2.45, 2.75) is 33.1 Å². The summed E-state index contributed by atoms with van der Waals surface area (Å²) in [6, 6.07) is 7.32. The molecule has 0 saturated heterocycles. The van der Waals surface area contributed by atoms with Crippen LogP contribution in [0.15, 0.2) is 24.3 Å². The molecule has 122 valence electrons. The van der Waals surface area contributed by atoms with Gasteiger partial charge in [-0.05, 0) is 19.1 Å². The molecule has 2 rings (SSSR count). The summed E-state index contributed by atoms with van der Waals surface area (Å²) < 4.78 is 0. The van der Waals surface area contributed by atoms with Crippen molar-refractivity contribution in [3.05, 3.63) is 40.4 Å². The van der Waals surface area contributed by atoms with Gasteiger partial charge in [-0.3, -0.25) is 9.59 Å². The topological polar surface area (TPSA) is 84.0 Å². The fraction of sp³-hybridized carbons (Fsp3) is 0.375. The van der Waals surface area contributed by atoms with Gasteiger partial charge in [-0.15, -0.1) is 10.2 Å². The van der Waals surface area contributed by atoms with Gasteiger partial charge < -0.3 is 10.6 Å². The third-order valence-electron chi connectivity index (χ3n) is 3.10. The average Bonchev–Trinajstić information content (AvgIpc) is 2.95. The third-order valence-corrected chi connectivity index (χ3v) is 4.24. The van der Waals surface area contributed by atoms with Crippen LogP contribution in [0, 0.1) is 6.92 Å². The summed E-state index contributed by atoms with van der Waals surface area (Å²) >= 11 is 1.37. The Hall–Kier alpha value is -2.28. The highest BCUT2D eigenvalue weighted by molar-refractivity contribution is 7.15. The third kappa shape index (κ3) is 5.14. The molecule has 2 aromatic rings. The Morgan fingerprint density at radius 3 is 2.70 bits per heavy atom. The number of anilines is 1. The van der Waals surface area contributed by atoms with E-state index in [4.69, 9.17) is 0 Å². The lowest BCUT2D eigenvalue weighted by Crippen LogP contribution is -2.27. The van der Waals surface area contributed by atoms with Crippen LogP contribution in [0.3, 0.4) is 0 Å². The molecule has 1 aromatic carbocycles. The van der Waals surface area contributed by atoms with Crippen LogP contribution in [-0.2, 0) is 4.79 Å². The molecule has 2 N–H and O–H groups in total. The number of nitrogens with zero attached hydrogens (tertiary/aromatic N) is 2. The minimum absolute atomic E-state index is 0.181. The lowest BCUT2D eigenvalue weighted by Gasteiger charge is -2.05. The van der Waals surface area contributed by atoms with Crippen molar-refractivity contribution >= 4 is 28.3 Å². The van der Waals surface area contributed by atoms with Crippen LogP contribution in [-0.4, -0.2) is 28.6 Å². The largest absolute Gasteiger partial charge is 0.352 e. The molecule has 1 heterocycles. The van der Waals surface area contributed by atoms with Crippen LogP contribution in [0.1, 0.15) is 47.1 Å². The standard InChI is InChI=1S/C16H20N4O2S/c1-10(2)15-19-20-16(23-15)18-13(21)7-8-17-14(22)12-6-4-5-11(3)9-12/h4-6,9-10H,7-8H2,1-3H3,(H,17,22)(H,18,20,21). The van der Waals surface area contributed by atoms with Gasteiger partial charge in [0.05, 0.1) is 0 Å². The predicted octanol–water partition coefficient (Wildman–Crippen LogP) is 2.73. The van der Waals surface area contributed by atoms with E-state index in [1.165, 1.54) is 11.3 Å². The monoisotopic (exact) mass is 332 g/mol. The Kier molecular flexibility index (Phi) is 5.81. The van der Waals surface area contributed by atoms with Gasteiger partial charge in [0, 0.05) is 24.4 Å². The minimum Gasteiger partial charge on any atom is -0.352 e. The first kappa shape index (κ1) is 17.1. The van der Waals surface area contributed by atoms with Gasteiger partial charge in [0.25, 0.3) is 5.91 Å². The number of hydrogen-bond donors (Lipinski definition) is 2. The van der Waals surface area contributed by atoms with Crippen molar-refractivity contribution in [1.82, 2.24) is 15.5 Å². The Morgan fingerprint density at radius 2 is 2.04 bits per heavy atom. The van der Waals surface area contributed by atoms with E-state index in [-0.39, 0.29) is 30.7 Å². The van der Waals surface area contributed by atoms with Gasteiger partial charge in [-0.1, -0.05) is 42.9 Å². The molecule has 0 aliphatic carbocycles. The average molecular weight is 332 g/mol. The molecule has 23 heavy (non-hydrogen) atoms. The zero-order chi connectivity index (χ0) is 16.8. The number of aryl methyl sites for hydroxylation is 1. The fourth-order valence-corrected chi connectivity index (χ4v) is 2.64. The molecule has 0 aliphatic rings. The highest BCUT2D eigenvalue weighted by Gasteiger charge is 2.11. The second kappa shape index (κ2) is 7.82. The van der Waals surface area contributed by atoms with Gasteiger partial charge in [0.15, 0.2) is 0 Å². The van der Waals surface area contributed by atoms with Gasteiger partial charge >= 0.3 is 0 Å². The predicted molar refractivity (Wildman–Crippen MR) is 90.8 cm³/mol. The number of carbonyl (C=O) groups excluding carboxylic acids is 2. The smallest absolute Gasteiger partial charge is 0.251 e. The van der Waals surface area contributed by atoms with Crippen LogP contribution in [0.4, 0.5) is 5.13 Å². The highest BCUT2D eigenvalue weighted by atomic mass is 32.1. The molecule has 1 aromatic heterocycles. The molecule has 0 bridgehead atoms. The van der Waals surface area contributed by atoms with E-state index in [1.807, 2.05) is 39.0 Å². The summed E-state index contributed by atoms with van der Waals surface area (Å²) in [6.45, 7) is 6.24. The minimum atomic E-state index is -0.194. The molecular formula is C16H20N4O2S. The summed E-state index contributed by atoms with van der Waals surface area (Å²) in [6.07, 6.45) is 0.189. The van der Waals surface area contributed by atoms with Crippen LogP contribution in [0.5, 0.6) is 0 Å². The number of nitrogens with one attached hydrogen (secondary N) is 2. The van der Waals surface area contributed by atoms with Crippen molar-refractivity contribution in [2.24, 2.45) is 0 Å². The zero-order valence-electron chi connectivity index (χ0n) is 13.4. The van der Waals surface area contributed by atoms with Crippen molar-refractivity contribution in [2.75, 3.05) is 11.9 Å². The molecule has 0 atom stereocenters. The second-order valence-corrected chi connectivity index (χ2v) is 6.53. The van der Waals surface area contributed by atoms with Crippen LogP contribution < -0.4 is 10.6 Å². The summed E-state index contributed by atoms with van der Waals surface area (Å²) in [5, 5.41) is 14.7. The summed E-state index contributed by atoms with van der Waals surface area (Å²) in [5.74, 6) is -0.0905. The molecule has 0 fully saturated rings. The Balaban J connectivity index is 1.77. The second-order valence-electron chi connectivity index (χ2n) is 5.52. The number of carbonyl (C=O) groups is 2. The maximum Gasteiger partial charge on any atom is 0.251 e. The SMILES string of the molecule is Cc1cccc(C(=O)NCCC(=O)Nc2nnc(C(C)C)s2)c1. The molecule has 0 unspecified atom stereocenters. The van der Waals surface area contributed by atoms with Gasteiger partial charge in [-0.25, -0.2) is 0 Å². The van der Waals surface area contributed by atoms with Crippen molar-refractivity contribution in [1.29, 1.82) is 0 Å². The van der Waals surface area contributed by atoms with Crippen molar-refractivity contribution in [3.63, 3.8) is 0 Å². The van der Waals surface area contributed by atoms with Crippen LogP contribution in [0.2, 0.25) is 0 Å². The molecule has 6 nitrogen and oxygen atoms in total. The number of amides is 2. The first-order valence-corrected chi connectivity index (χ1v) is 8.25. The summed E-state index contributed by atoms with van der Waals surface area (Å²) in [4.78, 5) is 23.8. The quantitative estimate of drug-likeness (QED) is 0.852. The molecule has 0 radical (unpaired) electrons. The molecule has 0 aliphatic heterocycles. The Bertz CT molecular complexity index is 697. The van der Waals surface area contributed by atoms with Gasteiger partial charge in [-0.2, -0.15) is 0 Å². The normalized spacial score (nSPS) is 10.6. The first-order valence-electron chi connectivity index (χ1n) is 7.44. The van der Waals surface area contributed by atoms with Crippen LogP contribution >= 0.6 is 11.3 Å². The van der Waals surface area contributed by atoms with E-state index in [9.17, 15) is 9.59 Å². The summed E-state index contributed by atoms with van der Waals surface area (Å²) in [7, 11) is 0. The lowest BCUT2D eigenvalue weighted by atomic mass is 10.1. The van der Waals surface area contributed by atoms with E-state index in [0.717, 1.165) is 10.6 Å². The van der Waals surface area contributed by atoms with Crippen molar-refractivity contribution < 1.29 is 9.59 Å². The van der Waals surface area contributed by atoms with E-state index < -0.39 is 0 Å². The van der Waals surface area contributed by atoms with Crippen molar-refractivity contribution in [3.8, 4) is 0 Å². The molecule has 2 amide bonds. The van der Waals surface area contributed by atoms with Gasteiger partial charge in [0.1, 0.15) is 5.01 Å². The molecule has 0 spiro atoms. The van der Waals surface area contributed by atoms with Gasteiger partial charge in [0.2, 0.25) is 11.0 Å². The highest BCUT2D eigenvalue weighted by Crippen LogP contribution is 2.22. The van der Waals surface area contributed by atoms with E-state index in [1.54, 1.807) is 6.07 Å². The maximum absolute atomic E-state index is 12.0. The lowest BCUT2D eigenvalue weighted by molar-refractivity contribution is -0.116. The molecule has 7 heteroatoms. The Morgan fingerprint density at radius 1 is 1.26 bits per heavy atom. The van der Waals surface area contributed by atoms with E-state index >= 15 is 0 Å². The number of aromatic nitrogens is 2. The zero-order valence-corrected chi connectivity index (χ0v) is 14.2. The number of benzene rings is 1. The first-order chi connectivity index (χ1) is 11.0. The Labute approximate surface area is 139 Å². The molecule has 0 saturated carbocycles.